The second-order valence-corrected chi connectivity index (χ2v) is 8.65. The van der Waals surface area contributed by atoms with Gasteiger partial charge in [0.05, 0.1) is 4.90 Å². The van der Waals surface area contributed by atoms with E-state index in [2.05, 4.69) is 14.6 Å². The Morgan fingerprint density at radius 2 is 1.68 bits per heavy atom. The molecule has 0 aliphatic carbocycles. The third-order valence-corrected chi connectivity index (χ3v) is 6.58. The van der Waals surface area contributed by atoms with E-state index in [1.807, 2.05) is 26.0 Å². The van der Waals surface area contributed by atoms with Gasteiger partial charge in [0.25, 0.3) is 5.91 Å². The number of sulfonamides is 1. The molecule has 150 valence electrons. The lowest BCUT2D eigenvalue weighted by Gasteiger charge is -2.36. The second kappa shape index (κ2) is 8.70. The number of nitrogens with one attached hydrogen (secondary N) is 1. The minimum absolute atomic E-state index is 0.0757. The minimum Gasteiger partial charge on any atom is -0.368 e. The van der Waals surface area contributed by atoms with Gasteiger partial charge < -0.3 is 9.80 Å². The number of carbonyl (C=O) groups is 1. The molecule has 8 heteroatoms. The van der Waals surface area contributed by atoms with Crippen LogP contribution in [0.25, 0.3) is 0 Å². The lowest BCUT2D eigenvalue weighted by atomic mass is 10.2. The molecule has 2 heterocycles. The summed E-state index contributed by atoms with van der Waals surface area (Å²) in [6.45, 7) is 6.49. The summed E-state index contributed by atoms with van der Waals surface area (Å²) in [5, 5.41) is 0. The lowest BCUT2D eigenvalue weighted by Crippen LogP contribution is -2.48. The van der Waals surface area contributed by atoms with Crippen molar-refractivity contribution < 1.29 is 13.2 Å². The maximum absolute atomic E-state index is 12.8. The number of carbonyl (C=O) groups excluding carboxylic acids is 1. The number of benzene rings is 1. The van der Waals surface area contributed by atoms with Crippen LogP contribution in [0.15, 0.2) is 53.7 Å². The fraction of sp³-hybridized carbons (Fsp3) is 0.400. The largest absolute Gasteiger partial charge is 0.368 e. The number of anilines is 1. The Kier molecular flexibility index (Phi) is 6.31. The van der Waals surface area contributed by atoms with Crippen molar-refractivity contribution in [3.63, 3.8) is 0 Å². The molecular weight excluding hydrogens is 376 g/mol. The Bertz CT molecular complexity index is 893. The molecule has 1 N–H and O–H groups in total. The Morgan fingerprint density at radius 1 is 1.07 bits per heavy atom. The molecule has 1 saturated heterocycles. The molecule has 0 bridgehead atoms. The monoisotopic (exact) mass is 402 g/mol. The molecule has 0 radical (unpaired) electrons. The van der Waals surface area contributed by atoms with E-state index >= 15 is 0 Å². The average Bonchev–Trinajstić information content (AvgIpc) is 2.73. The van der Waals surface area contributed by atoms with Crippen LogP contribution in [0.1, 0.15) is 30.6 Å². The zero-order valence-electron chi connectivity index (χ0n) is 16.2. The summed E-state index contributed by atoms with van der Waals surface area (Å²) in [4.78, 5) is 21.0. The summed E-state index contributed by atoms with van der Waals surface area (Å²) >= 11 is 0. The Balaban J connectivity index is 1.62. The van der Waals surface area contributed by atoms with E-state index in [1.165, 1.54) is 12.1 Å². The number of hydrogen-bond donors (Lipinski definition) is 1. The molecule has 0 spiro atoms. The number of piperazine rings is 1. The standard InChI is InChI=1S/C20H26N4O3S/c1-3-16(2)22-28(26,27)19-6-4-17(5-7-19)20(25)24-14-12-23(13-15-24)18-8-10-21-11-9-18/h4-11,16,22H,3,12-15H2,1-2H3/t16-/m0/s1. The van der Waals surface area contributed by atoms with E-state index in [-0.39, 0.29) is 16.8 Å². The van der Waals surface area contributed by atoms with E-state index < -0.39 is 10.0 Å². The zero-order chi connectivity index (χ0) is 20.1. The molecule has 3 rings (SSSR count). The van der Waals surface area contributed by atoms with Gasteiger partial charge >= 0.3 is 0 Å². The first-order chi connectivity index (χ1) is 13.4. The summed E-state index contributed by atoms with van der Waals surface area (Å²) in [6, 6.07) is 9.94. The van der Waals surface area contributed by atoms with Crippen LogP contribution >= 0.6 is 0 Å². The fourth-order valence-electron chi connectivity index (χ4n) is 3.10. The van der Waals surface area contributed by atoms with E-state index in [4.69, 9.17) is 0 Å². The zero-order valence-corrected chi connectivity index (χ0v) is 17.0. The van der Waals surface area contributed by atoms with Crippen molar-refractivity contribution in [3.05, 3.63) is 54.4 Å². The van der Waals surface area contributed by atoms with E-state index in [0.29, 0.717) is 25.1 Å². The molecule has 0 saturated carbocycles. The number of rotatable bonds is 6. The first-order valence-electron chi connectivity index (χ1n) is 9.47. The summed E-state index contributed by atoms with van der Waals surface area (Å²) in [5.41, 5.74) is 1.60. The van der Waals surface area contributed by atoms with Crippen molar-refractivity contribution in [1.29, 1.82) is 0 Å². The first kappa shape index (κ1) is 20.3. The predicted octanol–water partition coefficient (Wildman–Crippen LogP) is 2.12. The number of hydrogen-bond acceptors (Lipinski definition) is 5. The molecule has 28 heavy (non-hydrogen) atoms. The highest BCUT2D eigenvalue weighted by atomic mass is 32.2. The SMILES string of the molecule is CC[C@H](C)NS(=O)(=O)c1ccc(C(=O)N2CCN(c3ccncc3)CC2)cc1. The second-order valence-electron chi connectivity index (χ2n) is 6.94. The van der Waals surface area contributed by atoms with Crippen molar-refractivity contribution in [2.75, 3.05) is 31.1 Å². The van der Waals surface area contributed by atoms with E-state index in [1.54, 1.807) is 29.4 Å². The first-order valence-corrected chi connectivity index (χ1v) is 11.0. The normalized spacial score (nSPS) is 16.1. The Hall–Kier alpha value is -2.45. The highest BCUT2D eigenvalue weighted by Gasteiger charge is 2.23. The van der Waals surface area contributed by atoms with Crippen LogP contribution in [0.2, 0.25) is 0 Å². The van der Waals surface area contributed by atoms with Crippen molar-refractivity contribution in [1.82, 2.24) is 14.6 Å². The molecule has 0 unspecified atom stereocenters. The minimum atomic E-state index is -3.56. The Labute approximate surface area is 166 Å². The molecule has 1 aromatic heterocycles. The van der Waals surface area contributed by atoms with Gasteiger partial charge in [0.2, 0.25) is 10.0 Å². The summed E-state index contributed by atoms with van der Waals surface area (Å²) < 4.78 is 27.3. The van der Waals surface area contributed by atoms with Crippen LogP contribution in [0.3, 0.4) is 0 Å². The number of nitrogens with zero attached hydrogens (tertiary/aromatic N) is 3. The fourth-order valence-corrected chi connectivity index (χ4v) is 4.42. The molecule has 1 fully saturated rings. The van der Waals surface area contributed by atoms with Crippen LogP contribution in [-0.4, -0.2) is 56.4 Å². The van der Waals surface area contributed by atoms with Crippen molar-refractivity contribution >= 4 is 21.6 Å². The quantitative estimate of drug-likeness (QED) is 0.800. The topological polar surface area (TPSA) is 82.6 Å². The van der Waals surface area contributed by atoms with Crippen LogP contribution in [0, 0.1) is 0 Å². The summed E-state index contributed by atoms with van der Waals surface area (Å²) in [5.74, 6) is -0.0757. The maximum Gasteiger partial charge on any atom is 0.253 e. The van der Waals surface area contributed by atoms with E-state index in [9.17, 15) is 13.2 Å². The molecule has 1 aliphatic rings. The van der Waals surface area contributed by atoms with Crippen LogP contribution in [0.5, 0.6) is 0 Å². The molecule has 1 atom stereocenters. The number of amides is 1. The predicted molar refractivity (Wildman–Crippen MR) is 109 cm³/mol. The van der Waals surface area contributed by atoms with Crippen LogP contribution in [-0.2, 0) is 10.0 Å². The Morgan fingerprint density at radius 3 is 2.25 bits per heavy atom. The lowest BCUT2D eigenvalue weighted by molar-refractivity contribution is 0.0746. The summed E-state index contributed by atoms with van der Waals surface area (Å²) in [7, 11) is -3.56. The van der Waals surface area contributed by atoms with Gasteiger partial charge in [-0.3, -0.25) is 9.78 Å². The molecular formula is C20H26N4O3S. The van der Waals surface area contributed by atoms with Gasteiger partial charge in [-0.15, -0.1) is 0 Å². The van der Waals surface area contributed by atoms with Crippen molar-refractivity contribution in [2.45, 2.75) is 31.2 Å². The van der Waals surface area contributed by atoms with Gasteiger partial charge in [-0.2, -0.15) is 0 Å². The summed E-state index contributed by atoms with van der Waals surface area (Å²) in [6.07, 6.45) is 4.23. The van der Waals surface area contributed by atoms with Crippen LogP contribution < -0.4 is 9.62 Å². The molecule has 2 aromatic rings. The average molecular weight is 403 g/mol. The number of aromatic nitrogens is 1. The molecule has 7 nitrogen and oxygen atoms in total. The highest BCUT2D eigenvalue weighted by molar-refractivity contribution is 7.89. The van der Waals surface area contributed by atoms with Gasteiger partial charge in [-0.1, -0.05) is 6.92 Å². The molecule has 1 amide bonds. The smallest absolute Gasteiger partial charge is 0.253 e. The maximum atomic E-state index is 12.8. The van der Waals surface area contributed by atoms with Gasteiger partial charge in [0, 0.05) is 55.9 Å². The highest BCUT2D eigenvalue weighted by Crippen LogP contribution is 2.17. The number of pyridine rings is 1. The molecule has 1 aromatic carbocycles. The van der Waals surface area contributed by atoms with Gasteiger partial charge in [0.1, 0.15) is 0 Å². The third-order valence-electron chi connectivity index (χ3n) is 4.98. The van der Waals surface area contributed by atoms with Gasteiger partial charge in [-0.05, 0) is 49.7 Å². The van der Waals surface area contributed by atoms with Gasteiger partial charge in [0.15, 0.2) is 0 Å². The van der Waals surface area contributed by atoms with Gasteiger partial charge in [-0.25, -0.2) is 13.1 Å². The molecule has 1 aliphatic heterocycles. The van der Waals surface area contributed by atoms with Crippen molar-refractivity contribution in [3.8, 4) is 0 Å². The third kappa shape index (κ3) is 4.69. The van der Waals surface area contributed by atoms with E-state index in [0.717, 1.165) is 18.8 Å². The van der Waals surface area contributed by atoms with Crippen LogP contribution in [0.4, 0.5) is 5.69 Å². The van der Waals surface area contributed by atoms with Crippen molar-refractivity contribution in [2.24, 2.45) is 0 Å².